The molecule has 0 saturated carbocycles. The van der Waals surface area contributed by atoms with Gasteiger partial charge in [0.1, 0.15) is 11.5 Å². The zero-order chi connectivity index (χ0) is 12.4. The lowest BCUT2D eigenvalue weighted by Gasteiger charge is -2.15. The molecule has 2 aromatic carbocycles. The summed E-state index contributed by atoms with van der Waals surface area (Å²) >= 11 is 0. The highest BCUT2D eigenvalue weighted by atomic mass is 16.5. The molecule has 2 aromatic rings. The lowest BCUT2D eigenvalue weighted by Crippen LogP contribution is -1.94. The largest absolute Gasteiger partial charge is 0.496 e. The van der Waals surface area contributed by atoms with Crippen molar-refractivity contribution in [1.82, 2.24) is 0 Å². The quantitative estimate of drug-likeness (QED) is 0.794. The summed E-state index contributed by atoms with van der Waals surface area (Å²) in [5.74, 6) is 2.21. The van der Waals surface area contributed by atoms with Crippen LogP contribution in [0.1, 0.15) is 25.3 Å². The Labute approximate surface area is 102 Å². The summed E-state index contributed by atoms with van der Waals surface area (Å²) in [6.07, 6.45) is 0. The van der Waals surface area contributed by atoms with E-state index in [4.69, 9.17) is 9.47 Å². The number of methoxy groups -OCH3 is 2. The maximum absolute atomic E-state index is 5.42. The van der Waals surface area contributed by atoms with Crippen LogP contribution in [0.15, 0.2) is 30.3 Å². The number of hydrogen-bond donors (Lipinski definition) is 0. The van der Waals surface area contributed by atoms with E-state index < -0.39 is 0 Å². The molecule has 0 atom stereocenters. The lowest BCUT2D eigenvalue weighted by molar-refractivity contribution is 0.405. The first-order valence-electron chi connectivity index (χ1n) is 5.82. The van der Waals surface area contributed by atoms with Gasteiger partial charge >= 0.3 is 0 Å². The molecular formula is C15H18O2. The van der Waals surface area contributed by atoms with Crippen LogP contribution in [0.2, 0.25) is 0 Å². The molecular weight excluding hydrogens is 212 g/mol. The minimum Gasteiger partial charge on any atom is -0.496 e. The summed E-state index contributed by atoms with van der Waals surface area (Å²) in [7, 11) is 3.38. The molecule has 0 unspecified atom stereocenters. The van der Waals surface area contributed by atoms with E-state index in [0.717, 1.165) is 16.9 Å². The van der Waals surface area contributed by atoms with Gasteiger partial charge in [-0.2, -0.15) is 0 Å². The third-order valence-corrected chi connectivity index (χ3v) is 3.06. The third-order valence-electron chi connectivity index (χ3n) is 3.06. The molecule has 0 radical (unpaired) electrons. The molecule has 2 rings (SSSR count). The van der Waals surface area contributed by atoms with Gasteiger partial charge in [0.2, 0.25) is 0 Å². The first-order valence-corrected chi connectivity index (χ1v) is 5.82. The number of benzene rings is 2. The monoisotopic (exact) mass is 230 g/mol. The number of hydrogen-bond acceptors (Lipinski definition) is 2. The Bertz CT molecular complexity index is 519. The third kappa shape index (κ3) is 1.95. The second-order valence-corrected chi connectivity index (χ2v) is 4.39. The van der Waals surface area contributed by atoms with Crippen molar-refractivity contribution in [2.75, 3.05) is 14.2 Å². The van der Waals surface area contributed by atoms with Crippen LogP contribution in [0.25, 0.3) is 10.8 Å². The fraction of sp³-hybridized carbons (Fsp3) is 0.333. The van der Waals surface area contributed by atoms with Gasteiger partial charge in [-0.3, -0.25) is 0 Å². The molecule has 0 amide bonds. The second-order valence-electron chi connectivity index (χ2n) is 4.39. The predicted molar refractivity (Wildman–Crippen MR) is 71.1 cm³/mol. The van der Waals surface area contributed by atoms with Crippen LogP contribution in [-0.4, -0.2) is 14.2 Å². The van der Waals surface area contributed by atoms with Crippen LogP contribution in [0.4, 0.5) is 0 Å². The SMILES string of the molecule is COc1cccc2c(C(C)C)ccc(OC)c12. The first kappa shape index (κ1) is 11.8. The van der Waals surface area contributed by atoms with Crippen LogP contribution in [0.5, 0.6) is 11.5 Å². The van der Waals surface area contributed by atoms with Gasteiger partial charge in [-0.1, -0.05) is 32.0 Å². The molecule has 2 nitrogen and oxygen atoms in total. The average Bonchev–Trinajstić information content (AvgIpc) is 2.36. The summed E-state index contributed by atoms with van der Waals surface area (Å²) in [6.45, 7) is 4.39. The number of ether oxygens (including phenoxy) is 2. The normalized spacial score (nSPS) is 10.9. The van der Waals surface area contributed by atoms with Gasteiger partial charge in [0.05, 0.1) is 19.6 Å². The highest BCUT2D eigenvalue weighted by Gasteiger charge is 2.12. The molecule has 0 spiro atoms. The van der Waals surface area contributed by atoms with Crippen molar-refractivity contribution >= 4 is 10.8 Å². The molecule has 0 aliphatic rings. The number of rotatable bonds is 3. The van der Waals surface area contributed by atoms with Crippen molar-refractivity contribution in [3.8, 4) is 11.5 Å². The van der Waals surface area contributed by atoms with Crippen molar-refractivity contribution in [2.24, 2.45) is 0 Å². The van der Waals surface area contributed by atoms with Crippen molar-refractivity contribution in [3.05, 3.63) is 35.9 Å². The van der Waals surface area contributed by atoms with Gasteiger partial charge in [-0.05, 0) is 29.0 Å². The molecule has 0 heterocycles. The standard InChI is InChI=1S/C15H18O2/c1-10(2)11-8-9-14(17-4)15-12(11)6-5-7-13(15)16-3/h5-10H,1-4H3. The van der Waals surface area contributed by atoms with Crippen LogP contribution in [-0.2, 0) is 0 Å². The summed E-state index contributed by atoms with van der Waals surface area (Å²) < 4.78 is 10.8. The van der Waals surface area contributed by atoms with Gasteiger partial charge in [0, 0.05) is 0 Å². The van der Waals surface area contributed by atoms with Crippen LogP contribution in [0, 0.1) is 0 Å². The Morgan fingerprint density at radius 1 is 0.882 bits per heavy atom. The van der Waals surface area contributed by atoms with Crippen LogP contribution < -0.4 is 9.47 Å². The highest BCUT2D eigenvalue weighted by Crippen LogP contribution is 2.37. The lowest BCUT2D eigenvalue weighted by atomic mass is 9.95. The Morgan fingerprint density at radius 2 is 1.53 bits per heavy atom. The maximum atomic E-state index is 5.42. The molecule has 0 bridgehead atoms. The predicted octanol–water partition coefficient (Wildman–Crippen LogP) is 3.98. The van der Waals surface area contributed by atoms with Crippen LogP contribution in [0.3, 0.4) is 0 Å². The van der Waals surface area contributed by atoms with Gasteiger partial charge in [-0.25, -0.2) is 0 Å². The molecule has 0 aliphatic carbocycles. The Balaban J connectivity index is 2.84. The summed E-state index contributed by atoms with van der Waals surface area (Å²) in [5, 5.41) is 2.27. The summed E-state index contributed by atoms with van der Waals surface area (Å²) in [4.78, 5) is 0. The second kappa shape index (κ2) is 4.66. The molecule has 0 N–H and O–H groups in total. The molecule has 0 fully saturated rings. The van der Waals surface area contributed by atoms with E-state index in [0.29, 0.717) is 5.92 Å². The van der Waals surface area contributed by atoms with E-state index in [1.807, 2.05) is 18.2 Å². The Kier molecular flexibility index (Phi) is 3.23. The highest BCUT2D eigenvalue weighted by molar-refractivity contribution is 5.96. The van der Waals surface area contributed by atoms with Crippen molar-refractivity contribution in [1.29, 1.82) is 0 Å². The van der Waals surface area contributed by atoms with Gasteiger partial charge in [0.25, 0.3) is 0 Å². The van der Waals surface area contributed by atoms with Crippen molar-refractivity contribution in [3.63, 3.8) is 0 Å². The fourth-order valence-corrected chi connectivity index (χ4v) is 2.21. The summed E-state index contributed by atoms with van der Waals surface area (Å²) in [5.41, 5.74) is 1.32. The minimum absolute atomic E-state index is 0.482. The topological polar surface area (TPSA) is 18.5 Å². The van der Waals surface area contributed by atoms with E-state index in [1.165, 1.54) is 10.9 Å². The van der Waals surface area contributed by atoms with E-state index in [2.05, 4.69) is 26.0 Å². The fourth-order valence-electron chi connectivity index (χ4n) is 2.21. The van der Waals surface area contributed by atoms with Gasteiger partial charge in [-0.15, -0.1) is 0 Å². The molecule has 0 aliphatic heterocycles. The molecule has 17 heavy (non-hydrogen) atoms. The van der Waals surface area contributed by atoms with Crippen molar-refractivity contribution < 1.29 is 9.47 Å². The molecule has 2 heteroatoms. The van der Waals surface area contributed by atoms with Crippen molar-refractivity contribution in [2.45, 2.75) is 19.8 Å². The van der Waals surface area contributed by atoms with Gasteiger partial charge in [0.15, 0.2) is 0 Å². The van der Waals surface area contributed by atoms with E-state index in [9.17, 15) is 0 Å². The number of fused-ring (bicyclic) bond motifs is 1. The zero-order valence-corrected chi connectivity index (χ0v) is 10.8. The average molecular weight is 230 g/mol. The zero-order valence-electron chi connectivity index (χ0n) is 10.8. The van der Waals surface area contributed by atoms with Crippen LogP contribution >= 0.6 is 0 Å². The first-order chi connectivity index (χ1) is 8.19. The minimum atomic E-state index is 0.482. The molecule has 0 aromatic heterocycles. The summed E-state index contributed by atoms with van der Waals surface area (Å²) in [6, 6.07) is 10.3. The smallest absolute Gasteiger partial charge is 0.130 e. The maximum Gasteiger partial charge on any atom is 0.130 e. The Hall–Kier alpha value is -1.70. The van der Waals surface area contributed by atoms with E-state index >= 15 is 0 Å². The van der Waals surface area contributed by atoms with E-state index in [1.54, 1.807) is 14.2 Å². The van der Waals surface area contributed by atoms with E-state index in [-0.39, 0.29) is 0 Å². The molecule has 90 valence electrons. The molecule has 0 saturated heterocycles. The van der Waals surface area contributed by atoms with Gasteiger partial charge < -0.3 is 9.47 Å². The Morgan fingerprint density at radius 3 is 2.12 bits per heavy atom.